The molecule has 1 aromatic carbocycles. The molecule has 0 unspecified atom stereocenters. The van der Waals surface area contributed by atoms with Crippen molar-refractivity contribution >= 4 is 17.6 Å². The van der Waals surface area contributed by atoms with E-state index in [2.05, 4.69) is 9.80 Å². The van der Waals surface area contributed by atoms with Crippen molar-refractivity contribution in [2.24, 2.45) is 0 Å². The fourth-order valence-corrected chi connectivity index (χ4v) is 2.54. The Balaban J connectivity index is 1.82. The predicted molar refractivity (Wildman–Crippen MR) is 77.1 cm³/mol. The molecule has 0 bridgehead atoms. The number of carboxylic acids is 1. The number of piperazine rings is 1. The van der Waals surface area contributed by atoms with Crippen molar-refractivity contribution in [3.8, 4) is 5.75 Å². The first kappa shape index (κ1) is 15.1. The van der Waals surface area contributed by atoms with Crippen LogP contribution in [0, 0.1) is 0 Å². The first-order chi connectivity index (χ1) is 9.56. The van der Waals surface area contributed by atoms with Crippen LogP contribution in [0.5, 0.6) is 5.75 Å². The lowest BCUT2D eigenvalue weighted by Gasteiger charge is -2.34. The summed E-state index contributed by atoms with van der Waals surface area (Å²) in [4.78, 5) is 15.0. The number of phenolic OH excluding ortho intramolecular Hbond substituents is 1. The maximum absolute atomic E-state index is 10.5. The maximum atomic E-state index is 10.5. The molecule has 0 atom stereocenters. The highest BCUT2D eigenvalue weighted by molar-refractivity contribution is 6.32. The van der Waals surface area contributed by atoms with Gasteiger partial charge in [-0.05, 0) is 11.6 Å². The summed E-state index contributed by atoms with van der Waals surface area (Å²) in [6.07, 6.45) is 0.193. The molecule has 2 rings (SSSR count). The van der Waals surface area contributed by atoms with Crippen LogP contribution in [0.1, 0.15) is 12.0 Å². The molecule has 1 heterocycles. The van der Waals surface area contributed by atoms with Crippen molar-refractivity contribution in [1.29, 1.82) is 0 Å². The van der Waals surface area contributed by atoms with Crippen LogP contribution in [0.25, 0.3) is 0 Å². The van der Waals surface area contributed by atoms with E-state index in [1.807, 2.05) is 6.07 Å². The third kappa shape index (κ3) is 4.10. The van der Waals surface area contributed by atoms with Gasteiger partial charge in [0.25, 0.3) is 0 Å². The predicted octanol–water partition coefficient (Wildman–Crippen LogP) is 1.64. The second-order valence-corrected chi connectivity index (χ2v) is 5.39. The van der Waals surface area contributed by atoms with Crippen LogP contribution >= 0.6 is 11.6 Å². The number of carbonyl (C=O) groups is 1. The second kappa shape index (κ2) is 6.92. The van der Waals surface area contributed by atoms with E-state index in [1.165, 1.54) is 0 Å². The van der Waals surface area contributed by atoms with Gasteiger partial charge in [0.15, 0.2) is 0 Å². The largest absolute Gasteiger partial charge is 0.506 e. The summed E-state index contributed by atoms with van der Waals surface area (Å²) in [5.41, 5.74) is 0.922. The van der Waals surface area contributed by atoms with Gasteiger partial charge >= 0.3 is 5.97 Å². The van der Waals surface area contributed by atoms with E-state index in [1.54, 1.807) is 12.1 Å². The van der Waals surface area contributed by atoms with Gasteiger partial charge in [0.05, 0.1) is 11.4 Å². The number of aliphatic carboxylic acids is 1. The Bertz CT molecular complexity index is 473. The van der Waals surface area contributed by atoms with Gasteiger partial charge in [-0.1, -0.05) is 23.7 Å². The van der Waals surface area contributed by atoms with Gasteiger partial charge in [0, 0.05) is 39.3 Å². The molecule has 0 radical (unpaired) electrons. The summed E-state index contributed by atoms with van der Waals surface area (Å²) in [7, 11) is 0. The topological polar surface area (TPSA) is 64.0 Å². The Morgan fingerprint density at radius 3 is 2.50 bits per heavy atom. The van der Waals surface area contributed by atoms with E-state index in [0.29, 0.717) is 18.1 Å². The average Bonchev–Trinajstić information content (AvgIpc) is 2.43. The second-order valence-electron chi connectivity index (χ2n) is 5.01. The number of halogens is 1. The molecule has 0 amide bonds. The van der Waals surface area contributed by atoms with Gasteiger partial charge in [-0.2, -0.15) is 0 Å². The van der Waals surface area contributed by atoms with E-state index in [9.17, 15) is 9.90 Å². The first-order valence-corrected chi connectivity index (χ1v) is 7.07. The number of nitrogens with zero attached hydrogens (tertiary/aromatic N) is 2. The van der Waals surface area contributed by atoms with Gasteiger partial charge in [-0.15, -0.1) is 0 Å². The Morgan fingerprint density at radius 1 is 1.20 bits per heavy atom. The molecule has 0 aromatic heterocycles. The highest BCUT2D eigenvalue weighted by Crippen LogP contribution is 2.27. The molecule has 110 valence electrons. The summed E-state index contributed by atoms with van der Waals surface area (Å²) < 4.78 is 0. The zero-order valence-corrected chi connectivity index (χ0v) is 12.0. The van der Waals surface area contributed by atoms with Crippen LogP contribution in [0.3, 0.4) is 0 Å². The lowest BCUT2D eigenvalue weighted by Crippen LogP contribution is -2.46. The van der Waals surface area contributed by atoms with E-state index in [0.717, 1.165) is 31.7 Å². The number of benzene rings is 1. The van der Waals surface area contributed by atoms with Gasteiger partial charge in [-0.3, -0.25) is 9.69 Å². The van der Waals surface area contributed by atoms with Gasteiger partial charge in [0.1, 0.15) is 5.75 Å². The fourth-order valence-electron chi connectivity index (χ4n) is 2.35. The van der Waals surface area contributed by atoms with Crippen LogP contribution in [0.15, 0.2) is 18.2 Å². The van der Waals surface area contributed by atoms with Crippen molar-refractivity contribution in [3.63, 3.8) is 0 Å². The quantitative estimate of drug-likeness (QED) is 0.865. The molecule has 1 aliphatic heterocycles. The van der Waals surface area contributed by atoms with Crippen LogP contribution in [-0.2, 0) is 11.3 Å². The molecule has 0 aliphatic carbocycles. The Hall–Kier alpha value is -1.30. The van der Waals surface area contributed by atoms with Gasteiger partial charge in [0.2, 0.25) is 0 Å². The van der Waals surface area contributed by atoms with Crippen LogP contribution in [0.4, 0.5) is 0 Å². The number of aromatic hydroxyl groups is 1. The summed E-state index contributed by atoms with van der Waals surface area (Å²) in [5, 5.41) is 18.7. The smallest absolute Gasteiger partial charge is 0.304 e. The zero-order chi connectivity index (χ0) is 14.5. The summed E-state index contributed by atoms with van der Waals surface area (Å²) in [5.74, 6) is -0.636. The molecule has 0 spiro atoms. The minimum atomic E-state index is -0.751. The molecule has 20 heavy (non-hydrogen) atoms. The fraction of sp³-hybridized carbons (Fsp3) is 0.500. The van der Waals surface area contributed by atoms with E-state index in [-0.39, 0.29) is 12.2 Å². The maximum Gasteiger partial charge on any atom is 0.304 e. The number of phenols is 1. The molecular formula is C14H19ClN2O3. The summed E-state index contributed by atoms with van der Waals surface area (Å²) in [6, 6.07) is 5.29. The van der Waals surface area contributed by atoms with Crippen molar-refractivity contribution in [2.75, 3.05) is 32.7 Å². The first-order valence-electron chi connectivity index (χ1n) is 6.69. The Kier molecular flexibility index (Phi) is 5.23. The molecule has 1 fully saturated rings. The van der Waals surface area contributed by atoms with Crippen molar-refractivity contribution in [3.05, 3.63) is 28.8 Å². The highest BCUT2D eigenvalue weighted by Gasteiger charge is 2.18. The van der Waals surface area contributed by atoms with Gasteiger partial charge in [-0.25, -0.2) is 0 Å². The lowest BCUT2D eigenvalue weighted by atomic mass is 10.2. The minimum Gasteiger partial charge on any atom is -0.506 e. The number of carboxylic acid groups (broad SMARTS) is 1. The molecule has 2 N–H and O–H groups in total. The minimum absolute atomic E-state index is 0.115. The standard InChI is InChI=1S/C14H19ClN2O3/c15-14-11(2-1-3-12(14)18)10-17-8-6-16(7-9-17)5-4-13(19)20/h1-3,18H,4-10H2,(H,19,20). The van der Waals surface area contributed by atoms with E-state index in [4.69, 9.17) is 16.7 Å². The van der Waals surface area contributed by atoms with Crippen LogP contribution in [0.2, 0.25) is 5.02 Å². The summed E-state index contributed by atoms with van der Waals surface area (Å²) in [6.45, 7) is 4.81. The third-order valence-electron chi connectivity index (χ3n) is 3.56. The van der Waals surface area contributed by atoms with E-state index >= 15 is 0 Å². The zero-order valence-electron chi connectivity index (χ0n) is 11.3. The van der Waals surface area contributed by atoms with Crippen LogP contribution < -0.4 is 0 Å². The number of hydrogen-bond donors (Lipinski definition) is 2. The molecule has 5 nitrogen and oxygen atoms in total. The van der Waals surface area contributed by atoms with Crippen molar-refractivity contribution in [1.82, 2.24) is 9.80 Å². The highest BCUT2D eigenvalue weighted by atomic mass is 35.5. The molecule has 1 aliphatic rings. The molecular weight excluding hydrogens is 280 g/mol. The molecule has 1 aromatic rings. The van der Waals surface area contributed by atoms with E-state index < -0.39 is 5.97 Å². The monoisotopic (exact) mass is 298 g/mol. The van der Waals surface area contributed by atoms with Crippen molar-refractivity contribution < 1.29 is 15.0 Å². The normalized spacial score (nSPS) is 17.2. The Labute approximate surface area is 123 Å². The lowest BCUT2D eigenvalue weighted by molar-refractivity contribution is -0.137. The molecule has 6 heteroatoms. The molecule has 0 saturated carbocycles. The Morgan fingerprint density at radius 2 is 1.85 bits per heavy atom. The number of hydrogen-bond acceptors (Lipinski definition) is 4. The third-order valence-corrected chi connectivity index (χ3v) is 4.00. The van der Waals surface area contributed by atoms with Crippen LogP contribution in [-0.4, -0.2) is 58.7 Å². The number of rotatable bonds is 5. The SMILES string of the molecule is O=C(O)CCN1CCN(Cc2cccc(O)c2Cl)CC1. The summed E-state index contributed by atoms with van der Waals surface area (Å²) >= 11 is 6.07. The van der Waals surface area contributed by atoms with Crippen molar-refractivity contribution in [2.45, 2.75) is 13.0 Å². The average molecular weight is 299 g/mol. The van der Waals surface area contributed by atoms with Gasteiger partial charge < -0.3 is 15.1 Å². The molecule has 1 saturated heterocycles.